The molecule has 2 heterocycles. The lowest BCUT2D eigenvalue weighted by Crippen LogP contribution is -2.22. The number of aromatic nitrogens is 3. The maximum Gasteiger partial charge on any atom is 0.135 e. The van der Waals surface area contributed by atoms with Crippen molar-refractivity contribution >= 4 is 17.4 Å². The molecule has 1 aliphatic rings. The van der Waals surface area contributed by atoms with Gasteiger partial charge in [-0.3, -0.25) is 4.98 Å². The van der Waals surface area contributed by atoms with Gasteiger partial charge in [0.25, 0.3) is 0 Å². The molecule has 0 aromatic carbocycles. The van der Waals surface area contributed by atoms with Crippen LogP contribution in [0.4, 0.5) is 5.82 Å². The molecule has 1 fully saturated rings. The van der Waals surface area contributed by atoms with Gasteiger partial charge in [-0.1, -0.05) is 11.6 Å². The summed E-state index contributed by atoms with van der Waals surface area (Å²) in [5.74, 6) is 2.31. The Morgan fingerprint density at radius 3 is 2.70 bits per heavy atom. The molecule has 2 aromatic rings. The van der Waals surface area contributed by atoms with Gasteiger partial charge in [0.2, 0.25) is 0 Å². The highest BCUT2D eigenvalue weighted by molar-refractivity contribution is 6.29. The van der Waals surface area contributed by atoms with E-state index in [0.717, 1.165) is 24.6 Å². The molecule has 0 bridgehead atoms. The lowest BCUT2D eigenvalue weighted by atomic mass is 10.2. The number of nitrogens with zero attached hydrogens (tertiary/aromatic N) is 4. The maximum absolute atomic E-state index is 6.10. The van der Waals surface area contributed by atoms with Crippen molar-refractivity contribution in [1.82, 2.24) is 15.0 Å². The predicted molar refractivity (Wildman–Crippen MR) is 80.2 cm³/mol. The molecule has 2 aromatic heterocycles. The van der Waals surface area contributed by atoms with Crippen molar-refractivity contribution in [3.05, 3.63) is 47.1 Å². The molecule has 104 valence electrons. The number of hydrogen-bond acceptors (Lipinski definition) is 4. The molecule has 5 heteroatoms. The summed E-state index contributed by atoms with van der Waals surface area (Å²) < 4.78 is 0. The standard InChI is InChI=1S/C15H17ClN4/c1-20(9-6-11-4-7-17-8-5-11)14-10-13(16)18-15(19-14)12-2-3-12/h4-5,7-8,10,12H,2-3,6,9H2,1H3. The predicted octanol–water partition coefficient (Wildman–Crippen LogP) is 3.08. The Balaban J connectivity index is 1.68. The zero-order valence-electron chi connectivity index (χ0n) is 11.5. The zero-order valence-corrected chi connectivity index (χ0v) is 12.2. The molecule has 4 nitrogen and oxygen atoms in total. The monoisotopic (exact) mass is 288 g/mol. The van der Waals surface area contributed by atoms with Crippen LogP contribution in [0.2, 0.25) is 5.15 Å². The molecule has 0 unspecified atom stereocenters. The van der Waals surface area contributed by atoms with Gasteiger partial charge < -0.3 is 4.90 Å². The first-order valence-corrected chi connectivity index (χ1v) is 7.24. The number of pyridine rings is 1. The van der Waals surface area contributed by atoms with Gasteiger partial charge in [0.1, 0.15) is 16.8 Å². The van der Waals surface area contributed by atoms with Crippen LogP contribution in [0.5, 0.6) is 0 Å². The fourth-order valence-corrected chi connectivity index (χ4v) is 2.29. The third-order valence-electron chi connectivity index (χ3n) is 3.52. The van der Waals surface area contributed by atoms with Crippen LogP contribution in [0.3, 0.4) is 0 Å². The molecule has 0 atom stereocenters. The molecule has 3 rings (SSSR count). The molecule has 0 radical (unpaired) electrons. The second kappa shape index (κ2) is 5.75. The smallest absolute Gasteiger partial charge is 0.135 e. The molecule has 0 aliphatic heterocycles. The number of halogens is 1. The summed E-state index contributed by atoms with van der Waals surface area (Å²) in [4.78, 5) is 15.1. The number of rotatable bonds is 5. The van der Waals surface area contributed by atoms with E-state index in [1.165, 1.54) is 18.4 Å². The molecule has 1 saturated carbocycles. The lowest BCUT2D eigenvalue weighted by Gasteiger charge is -2.18. The quantitative estimate of drug-likeness (QED) is 0.793. The van der Waals surface area contributed by atoms with Gasteiger partial charge in [-0.2, -0.15) is 0 Å². The molecular weight excluding hydrogens is 272 g/mol. The normalized spacial score (nSPS) is 14.3. The summed E-state index contributed by atoms with van der Waals surface area (Å²) in [5.41, 5.74) is 1.27. The van der Waals surface area contributed by atoms with Gasteiger partial charge in [-0.25, -0.2) is 9.97 Å². The summed E-state index contributed by atoms with van der Waals surface area (Å²) in [6.07, 6.45) is 6.96. The minimum Gasteiger partial charge on any atom is -0.359 e. The van der Waals surface area contributed by atoms with Gasteiger partial charge >= 0.3 is 0 Å². The highest BCUT2D eigenvalue weighted by atomic mass is 35.5. The van der Waals surface area contributed by atoms with Crippen LogP contribution >= 0.6 is 11.6 Å². The van der Waals surface area contributed by atoms with E-state index in [1.54, 1.807) is 0 Å². The Bertz CT molecular complexity index is 584. The summed E-state index contributed by atoms with van der Waals surface area (Å²) in [6, 6.07) is 5.91. The third kappa shape index (κ3) is 3.25. The van der Waals surface area contributed by atoms with E-state index >= 15 is 0 Å². The minimum atomic E-state index is 0.515. The van der Waals surface area contributed by atoms with Crippen molar-refractivity contribution < 1.29 is 0 Å². The molecule has 0 amide bonds. The van der Waals surface area contributed by atoms with Gasteiger partial charge in [0, 0.05) is 38.0 Å². The highest BCUT2D eigenvalue weighted by Gasteiger charge is 2.27. The van der Waals surface area contributed by atoms with Crippen molar-refractivity contribution in [3.63, 3.8) is 0 Å². The Hall–Kier alpha value is -1.68. The van der Waals surface area contributed by atoms with Crippen molar-refractivity contribution in [3.8, 4) is 0 Å². The van der Waals surface area contributed by atoms with Crippen LogP contribution in [0.1, 0.15) is 30.1 Å². The van der Waals surface area contributed by atoms with Crippen LogP contribution in [0.25, 0.3) is 0 Å². The fraction of sp³-hybridized carbons (Fsp3) is 0.400. The van der Waals surface area contributed by atoms with Crippen molar-refractivity contribution in [1.29, 1.82) is 0 Å². The second-order valence-electron chi connectivity index (χ2n) is 5.21. The summed E-state index contributed by atoms with van der Waals surface area (Å²) in [7, 11) is 2.04. The number of anilines is 1. The first kappa shape index (κ1) is 13.3. The summed E-state index contributed by atoms with van der Waals surface area (Å²) >= 11 is 6.10. The molecule has 0 spiro atoms. The van der Waals surface area contributed by atoms with E-state index in [2.05, 4.69) is 19.9 Å². The minimum absolute atomic E-state index is 0.515. The largest absolute Gasteiger partial charge is 0.359 e. The van der Waals surface area contributed by atoms with E-state index < -0.39 is 0 Å². The maximum atomic E-state index is 6.10. The van der Waals surface area contributed by atoms with E-state index in [-0.39, 0.29) is 0 Å². The topological polar surface area (TPSA) is 41.9 Å². The number of hydrogen-bond donors (Lipinski definition) is 0. The van der Waals surface area contributed by atoms with Crippen LogP contribution in [-0.4, -0.2) is 28.5 Å². The summed E-state index contributed by atoms with van der Waals surface area (Å²) in [5, 5.41) is 0.535. The van der Waals surface area contributed by atoms with E-state index in [1.807, 2.05) is 37.6 Å². The fourth-order valence-electron chi connectivity index (χ4n) is 2.10. The van der Waals surface area contributed by atoms with E-state index in [0.29, 0.717) is 11.1 Å². The molecule has 1 aliphatic carbocycles. The van der Waals surface area contributed by atoms with Crippen LogP contribution in [0, 0.1) is 0 Å². The van der Waals surface area contributed by atoms with Gasteiger partial charge in [0.05, 0.1) is 0 Å². The van der Waals surface area contributed by atoms with Crippen LogP contribution in [-0.2, 0) is 6.42 Å². The third-order valence-corrected chi connectivity index (χ3v) is 3.71. The van der Waals surface area contributed by atoms with E-state index in [9.17, 15) is 0 Å². The average Bonchev–Trinajstić information content (AvgIpc) is 3.30. The first-order chi connectivity index (χ1) is 9.72. The van der Waals surface area contributed by atoms with Gasteiger partial charge in [-0.05, 0) is 37.0 Å². The average molecular weight is 289 g/mol. The molecule has 0 saturated heterocycles. The van der Waals surface area contributed by atoms with E-state index in [4.69, 9.17) is 11.6 Å². The number of likely N-dealkylation sites (N-methyl/N-ethyl adjacent to an activating group) is 1. The zero-order chi connectivity index (χ0) is 13.9. The lowest BCUT2D eigenvalue weighted by molar-refractivity contribution is 0.833. The van der Waals surface area contributed by atoms with Gasteiger partial charge in [0.15, 0.2) is 0 Å². The Kier molecular flexibility index (Phi) is 3.83. The van der Waals surface area contributed by atoms with Crippen molar-refractivity contribution in [2.45, 2.75) is 25.2 Å². The van der Waals surface area contributed by atoms with Crippen LogP contribution < -0.4 is 4.90 Å². The summed E-state index contributed by atoms with van der Waals surface area (Å²) in [6.45, 7) is 0.890. The molecule has 0 N–H and O–H groups in total. The van der Waals surface area contributed by atoms with Crippen LogP contribution in [0.15, 0.2) is 30.6 Å². The Morgan fingerprint density at radius 2 is 2.00 bits per heavy atom. The van der Waals surface area contributed by atoms with Crippen molar-refractivity contribution in [2.75, 3.05) is 18.5 Å². The highest BCUT2D eigenvalue weighted by Crippen LogP contribution is 2.39. The Labute approximate surface area is 123 Å². The Morgan fingerprint density at radius 1 is 1.25 bits per heavy atom. The SMILES string of the molecule is CN(CCc1ccncc1)c1cc(Cl)nc(C2CC2)n1. The first-order valence-electron chi connectivity index (χ1n) is 6.87. The second-order valence-corrected chi connectivity index (χ2v) is 5.60. The molecular formula is C15H17ClN4. The molecule has 20 heavy (non-hydrogen) atoms. The van der Waals surface area contributed by atoms with Gasteiger partial charge in [-0.15, -0.1) is 0 Å². The van der Waals surface area contributed by atoms with Crippen molar-refractivity contribution in [2.24, 2.45) is 0 Å².